The minimum Gasteiger partial charge on any atom is -0.481 e. The molecule has 0 aromatic rings. The average molecular weight is 283 g/mol. The summed E-state index contributed by atoms with van der Waals surface area (Å²) in [5.41, 5.74) is -0.622. The number of carbonyl (C=O) groups excluding carboxylic acids is 1. The van der Waals surface area contributed by atoms with E-state index in [1.54, 1.807) is 13.8 Å². The Morgan fingerprint density at radius 3 is 2.32 bits per heavy atom. The third kappa shape index (κ3) is 4.09. The van der Waals surface area contributed by atoms with E-state index in [1.165, 1.54) is 0 Å². The van der Waals surface area contributed by atoms with Crippen LogP contribution >= 0.6 is 0 Å². The van der Waals surface area contributed by atoms with Gasteiger partial charge in [0.25, 0.3) is 0 Å². The first-order valence-electron chi connectivity index (χ1n) is 5.72. The molecule has 1 aliphatic carbocycles. The summed E-state index contributed by atoms with van der Waals surface area (Å²) in [6.07, 6.45) is -4.39. The second-order valence-corrected chi connectivity index (χ2v) is 5.07. The standard InChI is InChI=1S/C11H16F3NO4/c1-10(2)6(7(10)9(17)18)8(16)15-3-4-19-5-11(12,13)14/h6-7H,3-5H2,1-2H3,(H,15,16)(H,17,18)/t6-,7+/m1/s1. The van der Waals surface area contributed by atoms with Crippen molar-refractivity contribution < 1.29 is 32.6 Å². The lowest BCUT2D eigenvalue weighted by molar-refractivity contribution is -0.173. The van der Waals surface area contributed by atoms with E-state index < -0.39 is 41.9 Å². The first-order valence-corrected chi connectivity index (χ1v) is 5.72. The molecule has 1 fully saturated rings. The molecular weight excluding hydrogens is 267 g/mol. The van der Waals surface area contributed by atoms with Crippen molar-refractivity contribution in [3.8, 4) is 0 Å². The zero-order valence-corrected chi connectivity index (χ0v) is 10.6. The summed E-state index contributed by atoms with van der Waals surface area (Å²) in [6, 6.07) is 0. The van der Waals surface area contributed by atoms with Crippen LogP contribution in [0, 0.1) is 17.3 Å². The maximum absolute atomic E-state index is 11.7. The fraction of sp³-hybridized carbons (Fsp3) is 0.818. The van der Waals surface area contributed by atoms with Crippen molar-refractivity contribution in [3.05, 3.63) is 0 Å². The first kappa shape index (κ1) is 15.7. The maximum Gasteiger partial charge on any atom is 0.411 e. The molecule has 0 radical (unpaired) electrons. The van der Waals surface area contributed by atoms with Gasteiger partial charge in [-0.2, -0.15) is 13.2 Å². The van der Waals surface area contributed by atoms with Crippen molar-refractivity contribution >= 4 is 11.9 Å². The van der Waals surface area contributed by atoms with Crippen LogP contribution in [0.2, 0.25) is 0 Å². The molecule has 5 nitrogen and oxygen atoms in total. The predicted octanol–water partition coefficient (Wildman–Crippen LogP) is 1.04. The van der Waals surface area contributed by atoms with Gasteiger partial charge in [0.05, 0.1) is 18.4 Å². The number of ether oxygens (including phenoxy) is 1. The highest BCUT2D eigenvalue weighted by Gasteiger charge is 2.65. The number of hydrogen-bond acceptors (Lipinski definition) is 3. The molecule has 110 valence electrons. The van der Waals surface area contributed by atoms with E-state index in [0.29, 0.717) is 0 Å². The molecule has 0 aromatic heterocycles. The van der Waals surface area contributed by atoms with Gasteiger partial charge >= 0.3 is 12.1 Å². The van der Waals surface area contributed by atoms with Crippen LogP contribution in [0.4, 0.5) is 13.2 Å². The molecule has 0 aliphatic heterocycles. The zero-order valence-electron chi connectivity index (χ0n) is 10.6. The Morgan fingerprint density at radius 1 is 1.32 bits per heavy atom. The normalized spacial score (nSPS) is 24.9. The number of carboxylic acids is 1. The van der Waals surface area contributed by atoms with Crippen molar-refractivity contribution in [2.75, 3.05) is 19.8 Å². The lowest BCUT2D eigenvalue weighted by atomic mass is 10.1. The Morgan fingerprint density at radius 2 is 1.89 bits per heavy atom. The highest BCUT2D eigenvalue weighted by Crippen LogP contribution is 2.58. The van der Waals surface area contributed by atoms with Crippen molar-refractivity contribution in [1.82, 2.24) is 5.32 Å². The van der Waals surface area contributed by atoms with Gasteiger partial charge in [-0.25, -0.2) is 0 Å². The van der Waals surface area contributed by atoms with E-state index >= 15 is 0 Å². The predicted molar refractivity (Wildman–Crippen MR) is 58.3 cm³/mol. The van der Waals surface area contributed by atoms with Crippen LogP contribution in [0.3, 0.4) is 0 Å². The van der Waals surface area contributed by atoms with Crippen LogP contribution in [0.1, 0.15) is 13.8 Å². The minimum absolute atomic E-state index is 0.0756. The quantitative estimate of drug-likeness (QED) is 0.714. The Bertz CT molecular complexity index is 367. The Hall–Kier alpha value is -1.31. The fourth-order valence-corrected chi connectivity index (χ4v) is 2.13. The van der Waals surface area contributed by atoms with Gasteiger partial charge in [-0.05, 0) is 5.41 Å². The molecule has 0 aromatic carbocycles. The molecule has 0 bridgehead atoms. The van der Waals surface area contributed by atoms with E-state index in [1.807, 2.05) is 0 Å². The first-order chi connectivity index (χ1) is 8.57. The van der Waals surface area contributed by atoms with Gasteiger partial charge in [0.1, 0.15) is 6.61 Å². The van der Waals surface area contributed by atoms with Crippen LogP contribution in [0.25, 0.3) is 0 Å². The fourth-order valence-electron chi connectivity index (χ4n) is 2.13. The molecule has 8 heteroatoms. The number of hydrogen-bond donors (Lipinski definition) is 2. The molecule has 0 heterocycles. The molecule has 0 unspecified atom stereocenters. The summed E-state index contributed by atoms with van der Waals surface area (Å²) in [6.45, 7) is 1.62. The van der Waals surface area contributed by atoms with Crippen molar-refractivity contribution in [3.63, 3.8) is 0 Å². The maximum atomic E-state index is 11.7. The number of rotatable bonds is 6. The summed E-state index contributed by atoms with van der Waals surface area (Å²) in [4.78, 5) is 22.5. The van der Waals surface area contributed by atoms with E-state index in [0.717, 1.165) is 0 Å². The van der Waals surface area contributed by atoms with Gasteiger partial charge in [0, 0.05) is 6.54 Å². The van der Waals surface area contributed by atoms with Gasteiger partial charge in [-0.3, -0.25) is 9.59 Å². The summed E-state index contributed by atoms with van der Waals surface area (Å²) < 4.78 is 39.6. The largest absolute Gasteiger partial charge is 0.481 e. The second kappa shape index (κ2) is 5.36. The zero-order chi connectivity index (χ0) is 14.8. The van der Waals surface area contributed by atoms with E-state index in [4.69, 9.17) is 5.11 Å². The number of carboxylic acid groups (broad SMARTS) is 1. The summed E-state index contributed by atoms with van der Waals surface area (Å²) in [5.74, 6) is -2.90. The van der Waals surface area contributed by atoms with E-state index in [2.05, 4.69) is 10.1 Å². The molecule has 1 amide bonds. The van der Waals surface area contributed by atoms with Crippen LogP contribution in [-0.4, -0.2) is 42.9 Å². The molecule has 0 spiro atoms. The Balaban J connectivity index is 2.25. The molecule has 0 saturated heterocycles. The third-order valence-electron chi connectivity index (χ3n) is 3.19. The summed E-state index contributed by atoms with van der Waals surface area (Å²) >= 11 is 0. The highest BCUT2D eigenvalue weighted by atomic mass is 19.4. The molecule has 2 atom stereocenters. The van der Waals surface area contributed by atoms with Gasteiger partial charge in [0.2, 0.25) is 5.91 Å². The van der Waals surface area contributed by atoms with Crippen LogP contribution in [0.5, 0.6) is 0 Å². The van der Waals surface area contributed by atoms with Gasteiger partial charge in [0.15, 0.2) is 0 Å². The molecule has 1 saturated carbocycles. The van der Waals surface area contributed by atoms with Crippen LogP contribution < -0.4 is 5.32 Å². The summed E-state index contributed by atoms with van der Waals surface area (Å²) in [7, 11) is 0. The van der Waals surface area contributed by atoms with Gasteiger partial charge in [-0.1, -0.05) is 13.8 Å². The highest BCUT2D eigenvalue weighted by molar-refractivity contribution is 5.91. The number of alkyl halides is 3. The Labute approximate surface area is 108 Å². The lowest BCUT2D eigenvalue weighted by Gasteiger charge is -2.08. The topological polar surface area (TPSA) is 75.6 Å². The molecule has 1 rings (SSSR count). The number of aliphatic carboxylic acids is 1. The smallest absolute Gasteiger partial charge is 0.411 e. The molecule has 19 heavy (non-hydrogen) atoms. The number of nitrogens with one attached hydrogen (secondary N) is 1. The van der Waals surface area contributed by atoms with Gasteiger partial charge in [-0.15, -0.1) is 0 Å². The molecular formula is C11H16F3NO4. The van der Waals surface area contributed by atoms with Crippen molar-refractivity contribution in [2.24, 2.45) is 17.3 Å². The number of carbonyl (C=O) groups is 2. The van der Waals surface area contributed by atoms with Crippen LogP contribution in [-0.2, 0) is 14.3 Å². The minimum atomic E-state index is -4.39. The molecule has 1 aliphatic rings. The summed E-state index contributed by atoms with van der Waals surface area (Å²) in [5, 5.41) is 11.3. The van der Waals surface area contributed by atoms with Crippen molar-refractivity contribution in [1.29, 1.82) is 0 Å². The van der Waals surface area contributed by atoms with Crippen molar-refractivity contribution in [2.45, 2.75) is 20.0 Å². The van der Waals surface area contributed by atoms with E-state index in [9.17, 15) is 22.8 Å². The molecule has 2 N–H and O–H groups in total. The average Bonchev–Trinajstić information content (AvgIpc) is 2.79. The Kier molecular flexibility index (Phi) is 4.44. The van der Waals surface area contributed by atoms with Gasteiger partial charge < -0.3 is 15.2 Å². The monoisotopic (exact) mass is 283 g/mol. The van der Waals surface area contributed by atoms with Crippen LogP contribution in [0.15, 0.2) is 0 Å². The second-order valence-electron chi connectivity index (χ2n) is 5.07. The van der Waals surface area contributed by atoms with E-state index in [-0.39, 0.29) is 13.2 Å². The lowest BCUT2D eigenvalue weighted by Crippen LogP contribution is -2.31. The number of halogens is 3. The SMILES string of the molecule is CC1(C)[C@H](C(=O)O)[C@@H]1C(=O)NCCOCC(F)(F)F. The number of amides is 1. The third-order valence-corrected chi connectivity index (χ3v) is 3.19.